The van der Waals surface area contributed by atoms with Gasteiger partial charge in [0.25, 0.3) is 0 Å². The molecule has 1 aromatic heterocycles. The number of hydrogen-bond donors (Lipinski definition) is 1. The summed E-state index contributed by atoms with van der Waals surface area (Å²) in [6, 6.07) is 7.32. The Kier molecular flexibility index (Phi) is 6.59. The van der Waals surface area contributed by atoms with Gasteiger partial charge in [0.15, 0.2) is 0 Å². The van der Waals surface area contributed by atoms with Crippen LogP contribution < -0.4 is 16.0 Å². The van der Waals surface area contributed by atoms with Crippen molar-refractivity contribution in [3.63, 3.8) is 0 Å². The van der Waals surface area contributed by atoms with Crippen LogP contribution in [0.2, 0.25) is 0 Å². The lowest BCUT2D eigenvalue weighted by molar-refractivity contribution is -0.131. The number of aromatic nitrogens is 2. The van der Waals surface area contributed by atoms with E-state index in [1.807, 2.05) is 18.2 Å². The van der Waals surface area contributed by atoms with Crippen molar-refractivity contribution in [2.45, 2.75) is 63.6 Å². The van der Waals surface area contributed by atoms with Crippen molar-refractivity contribution in [2.75, 3.05) is 38.2 Å². The van der Waals surface area contributed by atoms with E-state index >= 15 is 0 Å². The minimum atomic E-state index is -0.364. The number of fused-ring (bicyclic) bond motifs is 1. The summed E-state index contributed by atoms with van der Waals surface area (Å²) in [5, 5.41) is 4.46. The van der Waals surface area contributed by atoms with Gasteiger partial charge in [0, 0.05) is 64.7 Å². The van der Waals surface area contributed by atoms with Crippen molar-refractivity contribution in [2.24, 2.45) is 7.05 Å². The Morgan fingerprint density at radius 2 is 1.59 bits per heavy atom. The summed E-state index contributed by atoms with van der Waals surface area (Å²) in [7, 11) is 3.77. The number of hydrogen-bond acceptors (Lipinski definition) is 6. The standard InChI is InChI=1S/C25H36N6O3/c1-26-19-7-9-20(10-8-19)29-14-12-28(13-15-29)17-18-6-11-21-22(16-18)27(2)25(34)30(21)31-23(32)4-3-5-24(31)33/h6,11,16,19-20,26H,3-5,7-10,12-15,17H2,1-2H3. The lowest BCUT2D eigenvalue weighted by atomic mass is 9.90. The fourth-order valence-electron chi connectivity index (χ4n) is 5.90. The molecule has 0 radical (unpaired) electrons. The fraction of sp³-hybridized carbons (Fsp3) is 0.640. The molecule has 0 unspecified atom stereocenters. The normalized spacial score (nSPS) is 25.4. The van der Waals surface area contributed by atoms with Crippen LogP contribution in [0.15, 0.2) is 23.0 Å². The van der Waals surface area contributed by atoms with Gasteiger partial charge in [-0.15, -0.1) is 0 Å². The van der Waals surface area contributed by atoms with Crippen molar-refractivity contribution in [3.8, 4) is 0 Å². The highest BCUT2D eigenvalue weighted by Crippen LogP contribution is 2.25. The molecule has 2 aliphatic heterocycles. The third-order valence-corrected chi connectivity index (χ3v) is 7.99. The van der Waals surface area contributed by atoms with Crippen LogP contribution in [0.1, 0.15) is 50.5 Å². The topological polar surface area (TPSA) is 82.8 Å². The SMILES string of the molecule is CNC1CCC(N2CCN(Cc3ccc4c(c3)n(C)c(=O)n4N3C(=O)CCCC3=O)CC2)CC1. The van der Waals surface area contributed by atoms with E-state index in [1.165, 1.54) is 34.9 Å². The number of carbonyl (C=O) groups excluding carboxylic acids is 2. The maximum Gasteiger partial charge on any atom is 0.348 e. The summed E-state index contributed by atoms with van der Waals surface area (Å²) in [4.78, 5) is 43.0. The van der Waals surface area contributed by atoms with E-state index in [0.717, 1.165) is 54.9 Å². The summed E-state index contributed by atoms with van der Waals surface area (Å²) < 4.78 is 2.79. The number of imidazole rings is 1. The molecule has 2 aromatic rings. The van der Waals surface area contributed by atoms with Gasteiger partial charge in [0.2, 0.25) is 11.8 Å². The van der Waals surface area contributed by atoms with Crippen LogP contribution in [0.4, 0.5) is 0 Å². The molecule has 34 heavy (non-hydrogen) atoms. The molecular weight excluding hydrogens is 432 g/mol. The first-order valence-electron chi connectivity index (χ1n) is 12.7. The van der Waals surface area contributed by atoms with E-state index < -0.39 is 0 Å². The monoisotopic (exact) mass is 468 g/mol. The molecule has 3 heterocycles. The fourth-order valence-corrected chi connectivity index (χ4v) is 5.90. The third-order valence-electron chi connectivity index (χ3n) is 7.99. The van der Waals surface area contributed by atoms with Crippen LogP contribution in [0, 0.1) is 0 Å². The summed E-state index contributed by atoms with van der Waals surface area (Å²) in [5.74, 6) is -0.625. The van der Waals surface area contributed by atoms with E-state index in [9.17, 15) is 14.4 Å². The van der Waals surface area contributed by atoms with Gasteiger partial charge in [-0.2, -0.15) is 9.69 Å². The van der Waals surface area contributed by atoms with E-state index in [1.54, 1.807) is 7.05 Å². The van der Waals surface area contributed by atoms with Gasteiger partial charge in [0.1, 0.15) is 0 Å². The molecule has 1 aromatic carbocycles. The Balaban J connectivity index is 1.27. The first kappa shape index (κ1) is 23.3. The van der Waals surface area contributed by atoms with Crippen molar-refractivity contribution < 1.29 is 9.59 Å². The summed E-state index contributed by atoms with van der Waals surface area (Å²) in [6.45, 7) is 5.12. The number of imide groups is 1. The Morgan fingerprint density at radius 3 is 2.24 bits per heavy atom. The zero-order valence-electron chi connectivity index (χ0n) is 20.3. The predicted molar refractivity (Wildman–Crippen MR) is 131 cm³/mol. The Morgan fingerprint density at radius 1 is 0.912 bits per heavy atom. The van der Waals surface area contributed by atoms with Crippen molar-refractivity contribution in [3.05, 3.63) is 34.2 Å². The molecule has 5 rings (SSSR count). The number of benzene rings is 1. The van der Waals surface area contributed by atoms with E-state index in [2.05, 4.69) is 22.2 Å². The highest BCUT2D eigenvalue weighted by Gasteiger charge is 2.31. The Labute approximate surface area is 200 Å². The zero-order chi connectivity index (χ0) is 23.8. The number of amides is 2. The van der Waals surface area contributed by atoms with Gasteiger partial charge in [-0.05, 0) is 56.8 Å². The maximum atomic E-state index is 13.0. The van der Waals surface area contributed by atoms with E-state index in [0.29, 0.717) is 18.0 Å². The first-order valence-corrected chi connectivity index (χ1v) is 12.7. The average molecular weight is 469 g/mol. The third kappa shape index (κ3) is 4.32. The maximum absolute atomic E-state index is 13.0. The summed E-state index contributed by atoms with van der Waals surface area (Å²) >= 11 is 0. The van der Waals surface area contributed by atoms with E-state index in [4.69, 9.17) is 0 Å². The van der Waals surface area contributed by atoms with Crippen molar-refractivity contribution >= 4 is 22.8 Å². The predicted octanol–water partition coefficient (Wildman–Crippen LogP) is 1.16. The second-order valence-electron chi connectivity index (χ2n) is 10.0. The largest absolute Gasteiger partial charge is 0.348 e. The van der Waals surface area contributed by atoms with Crippen LogP contribution in [-0.2, 0) is 23.2 Å². The molecule has 1 N–H and O–H groups in total. The second kappa shape index (κ2) is 9.64. The summed E-state index contributed by atoms with van der Waals surface area (Å²) in [6.07, 6.45) is 6.24. The number of nitrogens with zero attached hydrogens (tertiary/aromatic N) is 5. The molecule has 9 nitrogen and oxygen atoms in total. The molecule has 3 fully saturated rings. The molecule has 2 amide bonds. The molecule has 1 saturated carbocycles. The van der Waals surface area contributed by atoms with Gasteiger partial charge < -0.3 is 5.32 Å². The molecule has 0 atom stereocenters. The molecule has 1 aliphatic carbocycles. The smallest absolute Gasteiger partial charge is 0.317 e. The van der Waals surface area contributed by atoms with Crippen LogP contribution in [0.5, 0.6) is 0 Å². The van der Waals surface area contributed by atoms with Crippen molar-refractivity contribution in [1.82, 2.24) is 24.4 Å². The number of aryl methyl sites for hydroxylation is 1. The van der Waals surface area contributed by atoms with Crippen molar-refractivity contribution in [1.29, 1.82) is 0 Å². The molecule has 2 saturated heterocycles. The summed E-state index contributed by atoms with van der Waals surface area (Å²) in [5.41, 5.74) is 2.12. The highest BCUT2D eigenvalue weighted by atomic mass is 16.2. The second-order valence-corrected chi connectivity index (χ2v) is 10.0. The average Bonchev–Trinajstić information content (AvgIpc) is 3.09. The van der Waals surface area contributed by atoms with Gasteiger partial charge in [0.05, 0.1) is 11.0 Å². The minimum Gasteiger partial charge on any atom is -0.317 e. The molecule has 9 heteroatoms. The number of nitrogens with one attached hydrogen (secondary N) is 1. The lowest BCUT2D eigenvalue weighted by Crippen LogP contribution is -2.52. The quantitative estimate of drug-likeness (QED) is 0.664. The highest BCUT2D eigenvalue weighted by molar-refractivity contribution is 6.10. The van der Waals surface area contributed by atoms with Crippen LogP contribution in [0.3, 0.4) is 0 Å². The Bertz CT molecular complexity index is 1110. The minimum absolute atomic E-state index is 0.287. The van der Waals surface area contributed by atoms with Crippen LogP contribution in [0.25, 0.3) is 11.0 Å². The van der Waals surface area contributed by atoms with E-state index in [-0.39, 0.29) is 30.3 Å². The van der Waals surface area contributed by atoms with Gasteiger partial charge in [-0.3, -0.25) is 24.0 Å². The number of rotatable bonds is 5. The van der Waals surface area contributed by atoms with Gasteiger partial charge >= 0.3 is 5.69 Å². The van der Waals surface area contributed by atoms with Crippen LogP contribution >= 0.6 is 0 Å². The number of carbonyl (C=O) groups is 2. The molecule has 3 aliphatic rings. The molecular formula is C25H36N6O3. The first-order chi connectivity index (χ1) is 16.5. The molecule has 0 bridgehead atoms. The molecule has 184 valence electrons. The Hall–Kier alpha value is -2.49. The lowest BCUT2D eigenvalue weighted by Gasteiger charge is -2.42. The zero-order valence-corrected chi connectivity index (χ0v) is 20.3. The van der Waals surface area contributed by atoms with Gasteiger partial charge in [-0.25, -0.2) is 4.79 Å². The van der Waals surface area contributed by atoms with Crippen LogP contribution in [-0.4, -0.2) is 76.2 Å². The number of piperidine rings is 1. The number of piperazine rings is 1. The molecule has 0 spiro atoms. The van der Waals surface area contributed by atoms with Gasteiger partial charge in [-0.1, -0.05) is 6.07 Å².